The monoisotopic (exact) mass is 230 g/mol. The van der Waals surface area contributed by atoms with Gasteiger partial charge in [-0.15, -0.1) is 0 Å². The van der Waals surface area contributed by atoms with Gasteiger partial charge in [0.1, 0.15) is 11.6 Å². The molecule has 0 amide bonds. The molecule has 2 nitrogen and oxygen atoms in total. The summed E-state index contributed by atoms with van der Waals surface area (Å²) in [4.78, 5) is 0. The standard InChI is InChI=1S/C10H12F2N2S/c1-6(2)13-10(15)14-9-4-7(11)3-8(12)5-9/h3-6H,1-2H3,(H2,13,14,15). The van der Waals surface area contributed by atoms with E-state index in [0.717, 1.165) is 6.07 Å². The highest BCUT2D eigenvalue weighted by atomic mass is 32.1. The molecule has 0 aliphatic carbocycles. The zero-order chi connectivity index (χ0) is 11.4. The van der Waals surface area contributed by atoms with Crippen molar-refractivity contribution in [3.8, 4) is 0 Å². The molecule has 1 aromatic carbocycles. The summed E-state index contributed by atoms with van der Waals surface area (Å²) in [5, 5.41) is 5.94. The quantitative estimate of drug-likeness (QED) is 0.764. The first-order valence-electron chi connectivity index (χ1n) is 4.51. The van der Waals surface area contributed by atoms with E-state index in [1.807, 2.05) is 13.8 Å². The molecule has 0 saturated carbocycles. The van der Waals surface area contributed by atoms with E-state index < -0.39 is 11.6 Å². The fraction of sp³-hybridized carbons (Fsp3) is 0.300. The first-order chi connectivity index (χ1) is 6.97. The second kappa shape index (κ2) is 5.02. The second-order valence-electron chi connectivity index (χ2n) is 3.41. The zero-order valence-electron chi connectivity index (χ0n) is 8.47. The van der Waals surface area contributed by atoms with E-state index in [9.17, 15) is 8.78 Å². The molecular formula is C10H12F2N2S. The summed E-state index contributed by atoms with van der Waals surface area (Å²) in [6, 6.07) is 3.34. The Morgan fingerprint density at radius 2 is 1.73 bits per heavy atom. The van der Waals surface area contributed by atoms with Gasteiger partial charge >= 0.3 is 0 Å². The van der Waals surface area contributed by atoms with Crippen LogP contribution in [0.4, 0.5) is 14.5 Å². The minimum Gasteiger partial charge on any atom is -0.360 e. The van der Waals surface area contributed by atoms with Crippen LogP contribution < -0.4 is 10.6 Å². The van der Waals surface area contributed by atoms with Crippen LogP contribution in [0.3, 0.4) is 0 Å². The average molecular weight is 230 g/mol. The lowest BCUT2D eigenvalue weighted by molar-refractivity contribution is 0.584. The van der Waals surface area contributed by atoms with E-state index in [1.54, 1.807) is 0 Å². The number of nitrogens with one attached hydrogen (secondary N) is 2. The van der Waals surface area contributed by atoms with Crippen LogP contribution in [0.5, 0.6) is 0 Å². The van der Waals surface area contributed by atoms with Gasteiger partial charge in [-0.25, -0.2) is 8.78 Å². The zero-order valence-corrected chi connectivity index (χ0v) is 9.29. The van der Waals surface area contributed by atoms with Crippen LogP contribution in [0.15, 0.2) is 18.2 Å². The first kappa shape index (κ1) is 11.8. The molecule has 0 unspecified atom stereocenters. The van der Waals surface area contributed by atoms with E-state index in [2.05, 4.69) is 10.6 Å². The van der Waals surface area contributed by atoms with Crippen LogP contribution in [0.2, 0.25) is 0 Å². The molecule has 0 atom stereocenters. The minimum absolute atomic E-state index is 0.170. The van der Waals surface area contributed by atoms with E-state index >= 15 is 0 Å². The summed E-state index contributed by atoms with van der Waals surface area (Å²) >= 11 is 4.93. The lowest BCUT2D eigenvalue weighted by Gasteiger charge is -2.13. The molecule has 0 saturated heterocycles. The Kier molecular flexibility index (Phi) is 3.96. The van der Waals surface area contributed by atoms with Crippen LogP contribution in [0, 0.1) is 11.6 Å². The molecule has 15 heavy (non-hydrogen) atoms. The van der Waals surface area contributed by atoms with E-state index in [4.69, 9.17) is 12.2 Å². The molecule has 2 N–H and O–H groups in total. The number of hydrogen-bond acceptors (Lipinski definition) is 1. The van der Waals surface area contributed by atoms with Gasteiger partial charge in [0, 0.05) is 17.8 Å². The molecule has 0 spiro atoms. The maximum Gasteiger partial charge on any atom is 0.170 e. The molecule has 1 rings (SSSR count). The summed E-state index contributed by atoms with van der Waals surface area (Å²) in [7, 11) is 0. The van der Waals surface area contributed by atoms with Crippen molar-refractivity contribution >= 4 is 23.0 Å². The Hall–Kier alpha value is -1.23. The highest BCUT2D eigenvalue weighted by Gasteiger charge is 2.03. The molecule has 0 aliphatic heterocycles. The third-order valence-electron chi connectivity index (χ3n) is 1.54. The van der Waals surface area contributed by atoms with Crippen LogP contribution in [-0.4, -0.2) is 11.2 Å². The fourth-order valence-electron chi connectivity index (χ4n) is 1.06. The van der Waals surface area contributed by atoms with Crippen LogP contribution in [0.25, 0.3) is 0 Å². The summed E-state index contributed by atoms with van der Waals surface area (Å²) < 4.78 is 25.6. The lowest BCUT2D eigenvalue weighted by Crippen LogP contribution is -2.33. The van der Waals surface area contributed by atoms with E-state index in [1.165, 1.54) is 12.1 Å². The third-order valence-corrected chi connectivity index (χ3v) is 1.76. The molecule has 82 valence electrons. The SMILES string of the molecule is CC(C)NC(=S)Nc1cc(F)cc(F)c1. The summed E-state index contributed by atoms with van der Waals surface area (Å²) in [5.41, 5.74) is 0.297. The Morgan fingerprint density at radius 1 is 1.20 bits per heavy atom. The minimum atomic E-state index is -0.634. The van der Waals surface area contributed by atoms with Crippen molar-refractivity contribution in [2.75, 3.05) is 5.32 Å². The predicted molar refractivity (Wildman–Crippen MR) is 60.9 cm³/mol. The largest absolute Gasteiger partial charge is 0.360 e. The second-order valence-corrected chi connectivity index (χ2v) is 3.82. The van der Waals surface area contributed by atoms with Crippen molar-refractivity contribution in [1.82, 2.24) is 5.32 Å². The first-order valence-corrected chi connectivity index (χ1v) is 4.92. The van der Waals surface area contributed by atoms with Gasteiger partial charge in [-0.3, -0.25) is 0 Å². The Morgan fingerprint density at radius 3 is 2.20 bits per heavy atom. The normalized spacial score (nSPS) is 10.2. The lowest BCUT2D eigenvalue weighted by atomic mass is 10.3. The van der Waals surface area contributed by atoms with Gasteiger partial charge in [-0.2, -0.15) is 0 Å². The van der Waals surface area contributed by atoms with Gasteiger partial charge in [-0.1, -0.05) is 0 Å². The molecule has 1 aromatic rings. The average Bonchev–Trinajstić information content (AvgIpc) is 1.98. The predicted octanol–water partition coefficient (Wildman–Crippen LogP) is 2.66. The molecule has 0 radical (unpaired) electrons. The Bertz CT molecular complexity index is 346. The molecule has 0 aromatic heterocycles. The van der Waals surface area contributed by atoms with Crippen molar-refractivity contribution in [2.24, 2.45) is 0 Å². The summed E-state index contributed by atoms with van der Waals surface area (Å²) in [5.74, 6) is -1.27. The van der Waals surface area contributed by atoms with Gasteiger partial charge in [0.15, 0.2) is 5.11 Å². The highest BCUT2D eigenvalue weighted by Crippen LogP contribution is 2.12. The number of thiocarbonyl (C=S) groups is 1. The van der Waals surface area contributed by atoms with E-state index in [-0.39, 0.29) is 6.04 Å². The van der Waals surface area contributed by atoms with Gasteiger partial charge in [-0.05, 0) is 38.2 Å². The summed E-state index contributed by atoms with van der Waals surface area (Å²) in [6.45, 7) is 3.83. The maximum atomic E-state index is 12.8. The van der Waals surface area contributed by atoms with Crippen LogP contribution in [-0.2, 0) is 0 Å². The molecule has 0 heterocycles. The highest BCUT2D eigenvalue weighted by molar-refractivity contribution is 7.80. The Labute approximate surface area is 92.7 Å². The van der Waals surface area contributed by atoms with Crippen molar-refractivity contribution < 1.29 is 8.78 Å². The van der Waals surface area contributed by atoms with Gasteiger partial charge in [0.25, 0.3) is 0 Å². The van der Waals surface area contributed by atoms with Crippen molar-refractivity contribution in [1.29, 1.82) is 0 Å². The van der Waals surface area contributed by atoms with Gasteiger partial charge < -0.3 is 10.6 Å². The van der Waals surface area contributed by atoms with Crippen molar-refractivity contribution in [2.45, 2.75) is 19.9 Å². The topological polar surface area (TPSA) is 24.1 Å². The fourth-order valence-corrected chi connectivity index (χ4v) is 1.41. The number of halogens is 2. The molecule has 0 aliphatic rings. The number of anilines is 1. The smallest absolute Gasteiger partial charge is 0.170 e. The molecular weight excluding hydrogens is 218 g/mol. The third kappa shape index (κ3) is 4.20. The summed E-state index contributed by atoms with van der Waals surface area (Å²) in [6.07, 6.45) is 0. The molecule has 0 bridgehead atoms. The number of hydrogen-bond donors (Lipinski definition) is 2. The molecule has 0 fully saturated rings. The van der Waals surface area contributed by atoms with Crippen molar-refractivity contribution in [3.05, 3.63) is 29.8 Å². The molecule has 5 heteroatoms. The van der Waals surface area contributed by atoms with E-state index in [0.29, 0.717) is 10.8 Å². The van der Waals surface area contributed by atoms with Crippen molar-refractivity contribution in [3.63, 3.8) is 0 Å². The van der Waals surface area contributed by atoms with Crippen LogP contribution in [0.1, 0.15) is 13.8 Å². The van der Waals surface area contributed by atoms with Gasteiger partial charge in [0.2, 0.25) is 0 Å². The van der Waals surface area contributed by atoms with Crippen LogP contribution >= 0.6 is 12.2 Å². The Balaban J connectivity index is 2.68. The maximum absolute atomic E-state index is 12.8. The number of rotatable bonds is 2. The van der Waals surface area contributed by atoms with Gasteiger partial charge in [0.05, 0.1) is 0 Å². The number of benzene rings is 1.